The lowest BCUT2D eigenvalue weighted by Crippen LogP contribution is -2.25. The van der Waals surface area contributed by atoms with Gasteiger partial charge in [0.2, 0.25) is 11.8 Å². The average molecular weight is 326 g/mol. The molecule has 1 aromatic carbocycles. The standard InChI is InChI=1S/C18H18N2O4/c1-11-6-13(9-19-17(11)24-2)12-4-3-5-15(7-12)20-10-14(18(22)23)8-16(20)21/h3-7,9,14H,8,10H2,1-2H3,(H,22,23). The number of methoxy groups -OCH3 is 1. The van der Waals surface area contributed by atoms with E-state index < -0.39 is 11.9 Å². The van der Waals surface area contributed by atoms with Gasteiger partial charge in [-0.05, 0) is 30.7 Å². The molecule has 1 N–H and O–H groups in total. The summed E-state index contributed by atoms with van der Waals surface area (Å²) < 4.78 is 5.17. The van der Waals surface area contributed by atoms with Crippen molar-refractivity contribution in [3.05, 3.63) is 42.1 Å². The van der Waals surface area contributed by atoms with Gasteiger partial charge in [-0.1, -0.05) is 12.1 Å². The molecule has 1 atom stereocenters. The molecule has 124 valence electrons. The van der Waals surface area contributed by atoms with E-state index in [1.165, 1.54) is 4.90 Å². The maximum atomic E-state index is 12.1. The van der Waals surface area contributed by atoms with E-state index in [0.717, 1.165) is 16.7 Å². The summed E-state index contributed by atoms with van der Waals surface area (Å²) in [5.41, 5.74) is 3.45. The Hall–Kier alpha value is -2.89. The number of rotatable bonds is 4. The van der Waals surface area contributed by atoms with Gasteiger partial charge < -0.3 is 14.7 Å². The molecular formula is C18H18N2O4. The van der Waals surface area contributed by atoms with Gasteiger partial charge in [-0.2, -0.15) is 0 Å². The number of pyridine rings is 1. The maximum absolute atomic E-state index is 12.1. The minimum Gasteiger partial charge on any atom is -0.481 e. The Morgan fingerprint density at radius 3 is 2.75 bits per heavy atom. The maximum Gasteiger partial charge on any atom is 0.308 e. The number of nitrogens with zero attached hydrogens (tertiary/aromatic N) is 2. The van der Waals surface area contributed by atoms with Gasteiger partial charge in [0.1, 0.15) is 0 Å². The van der Waals surface area contributed by atoms with Crippen molar-refractivity contribution in [3.8, 4) is 17.0 Å². The van der Waals surface area contributed by atoms with E-state index in [1.54, 1.807) is 13.3 Å². The number of anilines is 1. The summed E-state index contributed by atoms with van der Waals surface area (Å²) in [6, 6.07) is 9.45. The van der Waals surface area contributed by atoms with Crippen LogP contribution in [0.2, 0.25) is 0 Å². The van der Waals surface area contributed by atoms with Crippen LogP contribution in [-0.4, -0.2) is 35.6 Å². The Kier molecular flexibility index (Phi) is 4.20. The molecule has 0 saturated carbocycles. The van der Waals surface area contributed by atoms with Crippen molar-refractivity contribution < 1.29 is 19.4 Å². The predicted octanol–water partition coefficient (Wildman–Crippen LogP) is 2.50. The SMILES string of the molecule is COc1ncc(-c2cccc(N3CC(C(=O)O)CC3=O)c2)cc1C. The van der Waals surface area contributed by atoms with Gasteiger partial charge in [-0.3, -0.25) is 9.59 Å². The van der Waals surface area contributed by atoms with Crippen LogP contribution < -0.4 is 9.64 Å². The predicted molar refractivity (Wildman–Crippen MR) is 89.1 cm³/mol. The van der Waals surface area contributed by atoms with Gasteiger partial charge in [0.25, 0.3) is 0 Å². The smallest absolute Gasteiger partial charge is 0.308 e. The molecule has 0 aliphatic carbocycles. The highest BCUT2D eigenvalue weighted by Crippen LogP contribution is 2.30. The van der Waals surface area contributed by atoms with Crippen LogP contribution in [0, 0.1) is 12.8 Å². The second-order valence-electron chi connectivity index (χ2n) is 5.84. The fraction of sp³-hybridized carbons (Fsp3) is 0.278. The number of hydrogen-bond acceptors (Lipinski definition) is 4. The van der Waals surface area contributed by atoms with Crippen molar-refractivity contribution in [3.63, 3.8) is 0 Å². The lowest BCUT2D eigenvalue weighted by molar-refractivity contribution is -0.141. The number of ether oxygens (including phenoxy) is 1. The quantitative estimate of drug-likeness (QED) is 0.934. The lowest BCUT2D eigenvalue weighted by Gasteiger charge is -2.17. The Balaban J connectivity index is 1.91. The summed E-state index contributed by atoms with van der Waals surface area (Å²) in [7, 11) is 1.58. The van der Waals surface area contributed by atoms with E-state index in [0.29, 0.717) is 11.6 Å². The fourth-order valence-corrected chi connectivity index (χ4v) is 2.91. The Bertz CT molecular complexity index is 803. The van der Waals surface area contributed by atoms with Crippen molar-refractivity contribution in [2.45, 2.75) is 13.3 Å². The van der Waals surface area contributed by atoms with Crippen LogP contribution in [0.4, 0.5) is 5.69 Å². The van der Waals surface area contributed by atoms with Crippen LogP contribution >= 0.6 is 0 Å². The Morgan fingerprint density at radius 2 is 2.12 bits per heavy atom. The van der Waals surface area contributed by atoms with Crippen molar-refractivity contribution in [2.24, 2.45) is 5.92 Å². The zero-order valence-corrected chi connectivity index (χ0v) is 13.5. The normalized spacial score (nSPS) is 17.2. The van der Waals surface area contributed by atoms with Gasteiger partial charge in [-0.25, -0.2) is 4.98 Å². The number of carbonyl (C=O) groups excluding carboxylic acids is 1. The molecule has 1 unspecified atom stereocenters. The number of aryl methyl sites for hydroxylation is 1. The topological polar surface area (TPSA) is 79.7 Å². The number of aromatic nitrogens is 1. The summed E-state index contributed by atoms with van der Waals surface area (Å²) in [6.45, 7) is 2.12. The molecule has 0 radical (unpaired) electrons. The minimum atomic E-state index is -0.933. The van der Waals surface area contributed by atoms with Gasteiger partial charge in [0.05, 0.1) is 13.0 Å². The van der Waals surface area contributed by atoms with Crippen molar-refractivity contribution in [1.82, 2.24) is 4.98 Å². The molecule has 2 aromatic rings. The lowest BCUT2D eigenvalue weighted by atomic mass is 10.1. The van der Waals surface area contributed by atoms with Crippen LogP contribution in [0.25, 0.3) is 11.1 Å². The first-order chi connectivity index (χ1) is 11.5. The monoisotopic (exact) mass is 326 g/mol. The molecule has 1 aromatic heterocycles. The number of hydrogen-bond donors (Lipinski definition) is 1. The van der Waals surface area contributed by atoms with Crippen LogP contribution in [0.5, 0.6) is 5.88 Å². The number of carbonyl (C=O) groups is 2. The van der Waals surface area contributed by atoms with E-state index >= 15 is 0 Å². The molecule has 1 amide bonds. The van der Waals surface area contributed by atoms with E-state index in [2.05, 4.69) is 4.98 Å². The van der Waals surface area contributed by atoms with Crippen molar-refractivity contribution in [1.29, 1.82) is 0 Å². The number of aliphatic carboxylic acids is 1. The van der Waals surface area contributed by atoms with Crippen LogP contribution in [0.3, 0.4) is 0 Å². The number of amides is 1. The fourth-order valence-electron chi connectivity index (χ4n) is 2.91. The summed E-state index contributed by atoms with van der Waals surface area (Å²) in [4.78, 5) is 29.0. The van der Waals surface area contributed by atoms with Crippen molar-refractivity contribution >= 4 is 17.6 Å². The van der Waals surface area contributed by atoms with Gasteiger partial charge in [-0.15, -0.1) is 0 Å². The first-order valence-corrected chi connectivity index (χ1v) is 7.64. The zero-order valence-electron chi connectivity index (χ0n) is 13.5. The third kappa shape index (κ3) is 2.95. The second kappa shape index (κ2) is 6.31. The number of carboxylic acids is 1. The summed E-state index contributed by atoms with van der Waals surface area (Å²) in [6.07, 6.45) is 1.76. The molecule has 24 heavy (non-hydrogen) atoms. The van der Waals surface area contributed by atoms with E-state index in [9.17, 15) is 9.59 Å². The highest BCUT2D eigenvalue weighted by molar-refractivity contribution is 5.99. The van der Waals surface area contributed by atoms with E-state index in [4.69, 9.17) is 9.84 Å². The molecule has 0 spiro atoms. The molecule has 2 heterocycles. The molecular weight excluding hydrogens is 308 g/mol. The van der Waals surface area contributed by atoms with E-state index in [1.807, 2.05) is 37.3 Å². The molecule has 0 bridgehead atoms. The summed E-state index contributed by atoms with van der Waals surface area (Å²) in [5.74, 6) is -1.17. The van der Waals surface area contributed by atoms with Gasteiger partial charge >= 0.3 is 5.97 Å². The van der Waals surface area contributed by atoms with Gasteiger partial charge in [0, 0.05) is 36.0 Å². The van der Waals surface area contributed by atoms with Gasteiger partial charge in [0.15, 0.2) is 0 Å². The highest BCUT2D eigenvalue weighted by atomic mass is 16.5. The molecule has 3 rings (SSSR count). The van der Waals surface area contributed by atoms with Crippen molar-refractivity contribution in [2.75, 3.05) is 18.6 Å². The zero-order chi connectivity index (χ0) is 17.3. The highest BCUT2D eigenvalue weighted by Gasteiger charge is 2.35. The first kappa shape index (κ1) is 16.0. The molecule has 1 fully saturated rings. The Labute approximate surface area is 139 Å². The molecule has 6 heteroatoms. The number of benzene rings is 1. The average Bonchev–Trinajstić information content (AvgIpc) is 2.97. The minimum absolute atomic E-state index is 0.0444. The van der Waals surface area contributed by atoms with Crippen LogP contribution in [0.1, 0.15) is 12.0 Å². The van der Waals surface area contributed by atoms with E-state index in [-0.39, 0.29) is 18.9 Å². The number of carboxylic acid groups (broad SMARTS) is 1. The third-order valence-corrected chi connectivity index (χ3v) is 4.19. The molecule has 1 saturated heterocycles. The third-order valence-electron chi connectivity index (χ3n) is 4.19. The summed E-state index contributed by atoms with van der Waals surface area (Å²) in [5, 5.41) is 9.11. The second-order valence-corrected chi connectivity index (χ2v) is 5.84. The molecule has 1 aliphatic heterocycles. The first-order valence-electron chi connectivity index (χ1n) is 7.64. The Morgan fingerprint density at radius 1 is 1.33 bits per heavy atom. The van der Waals surface area contributed by atoms with Crippen LogP contribution in [0.15, 0.2) is 36.5 Å². The van der Waals surface area contributed by atoms with Crippen LogP contribution in [-0.2, 0) is 9.59 Å². The molecule has 1 aliphatic rings. The summed E-state index contributed by atoms with van der Waals surface area (Å²) >= 11 is 0. The largest absolute Gasteiger partial charge is 0.481 e. The molecule has 6 nitrogen and oxygen atoms in total.